The van der Waals surface area contributed by atoms with Crippen LogP contribution in [-0.2, 0) is 14.8 Å². The van der Waals surface area contributed by atoms with Gasteiger partial charge in [0.15, 0.2) is 0 Å². The summed E-state index contributed by atoms with van der Waals surface area (Å²) in [7, 11) is -4.01. The second-order valence-electron chi connectivity index (χ2n) is 5.09. The third-order valence-electron chi connectivity index (χ3n) is 3.30. The summed E-state index contributed by atoms with van der Waals surface area (Å²) >= 11 is 5.89. The van der Waals surface area contributed by atoms with Gasteiger partial charge in [-0.05, 0) is 25.5 Å². The van der Waals surface area contributed by atoms with Crippen LogP contribution in [0.2, 0.25) is 5.02 Å². The SMILES string of the molecule is CC(=O)Nc1cc(F)c(S(=O)(=O)NCC2CCCN2)cc1Cl.Cl. The first kappa shape index (κ1) is 20.1. The summed E-state index contributed by atoms with van der Waals surface area (Å²) in [6, 6.07) is 1.94. The maximum atomic E-state index is 14.0. The van der Waals surface area contributed by atoms with Gasteiger partial charge in [0, 0.05) is 25.6 Å². The Morgan fingerprint density at radius 2 is 2.17 bits per heavy atom. The number of hydrogen-bond acceptors (Lipinski definition) is 4. The predicted octanol–water partition coefficient (Wildman–Crippen LogP) is 1.89. The maximum absolute atomic E-state index is 14.0. The van der Waals surface area contributed by atoms with E-state index >= 15 is 0 Å². The third-order valence-corrected chi connectivity index (χ3v) is 5.06. The van der Waals surface area contributed by atoms with Crippen LogP contribution in [-0.4, -0.2) is 33.5 Å². The fraction of sp³-hybridized carbons (Fsp3) is 0.462. The highest BCUT2D eigenvalue weighted by molar-refractivity contribution is 7.89. The van der Waals surface area contributed by atoms with Gasteiger partial charge in [-0.3, -0.25) is 4.79 Å². The van der Waals surface area contributed by atoms with Crippen LogP contribution in [0.1, 0.15) is 19.8 Å². The fourth-order valence-electron chi connectivity index (χ4n) is 2.24. The van der Waals surface area contributed by atoms with E-state index in [1.54, 1.807) is 0 Å². The number of amides is 1. The summed E-state index contributed by atoms with van der Waals surface area (Å²) in [4.78, 5) is 10.4. The predicted molar refractivity (Wildman–Crippen MR) is 89.2 cm³/mol. The number of hydrogen-bond donors (Lipinski definition) is 3. The number of carbonyl (C=O) groups excluding carboxylic acids is 1. The molecular weight excluding hydrogens is 368 g/mol. The van der Waals surface area contributed by atoms with Gasteiger partial charge in [0.25, 0.3) is 0 Å². The smallest absolute Gasteiger partial charge is 0.243 e. The van der Waals surface area contributed by atoms with E-state index in [1.165, 1.54) is 6.92 Å². The van der Waals surface area contributed by atoms with Crippen LogP contribution in [0, 0.1) is 5.82 Å². The molecule has 0 spiro atoms. The van der Waals surface area contributed by atoms with Crippen LogP contribution in [0.3, 0.4) is 0 Å². The quantitative estimate of drug-likeness (QED) is 0.721. The van der Waals surface area contributed by atoms with Gasteiger partial charge in [-0.15, -0.1) is 12.4 Å². The first-order chi connectivity index (χ1) is 10.3. The Morgan fingerprint density at radius 1 is 1.48 bits per heavy atom. The minimum absolute atomic E-state index is 0. The summed E-state index contributed by atoms with van der Waals surface area (Å²) in [5, 5.41) is 5.43. The van der Waals surface area contributed by atoms with Crippen LogP contribution in [0.15, 0.2) is 17.0 Å². The number of rotatable bonds is 5. The first-order valence-corrected chi connectivity index (χ1v) is 8.65. The van der Waals surface area contributed by atoms with Gasteiger partial charge in [-0.1, -0.05) is 11.6 Å². The summed E-state index contributed by atoms with van der Waals surface area (Å²) in [6.45, 7) is 2.28. The lowest BCUT2D eigenvalue weighted by Crippen LogP contribution is -2.37. The van der Waals surface area contributed by atoms with Crippen molar-refractivity contribution in [3.8, 4) is 0 Å². The van der Waals surface area contributed by atoms with Crippen LogP contribution in [0.25, 0.3) is 0 Å². The first-order valence-electron chi connectivity index (χ1n) is 6.79. The van der Waals surface area contributed by atoms with E-state index in [9.17, 15) is 17.6 Å². The molecule has 2 rings (SSSR count). The van der Waals surface area contributed by atoms with E-state index in [0.717, 1.165) is 31.5 Å². The van der Waals surface area contributed by atoms with Gasteiger partial charge in [-0.25, -0.2) is 17.5 Å². The molecule has 0 bridgehead atoms. The van der Waals surface area contributed by atoms with Crippen molar-refractivity contribution in [2.75, 3.05) is 18.4 Å². The monoisotopic (exact) mass is 385 g/mol. The Kier molecular flexibility index (Phi) is 7.22. The van der Waals surface area contributed by atoms with E-state index in [0.29, 0.717) is 0 Å². The molecule has 3 N–H and O–H groups in total. The molecule has 1 aliphatic heterocycles. The third kappa shape index (κ3) is 5.29. The van der Waals surface area contributed by atoms with Crippen LogP contribution in [0.4, 0.5) is 10.1 Å². The number of benzene rings is 1. The van der Waals surface area contributed by atoms with E-state index < -0.39 is 26.6 Å². The molecule has 1 aromatic rings. The molecule has 10 heteroatoms. The topological polar surface area (TPSA) is 87.3 Å². The van der Waals surface area contributed by atoms with Gasteiger partial charge in [0.05, 0.1) is 10.7 Å². The molecule has 6 nitrogen and oxygen atoms in total. The van der Waals surface area contributed by atoms with Gasteiger partial charge >= 0.3 is 0 Å². The molecule has 0 aliphatic carbocycles. The second kappa shape index (κ2) is 8.25. The van der Waals surface area contributed by atoms with Crippen molar-refractivity contribution in [2.24, 2.45) is 0 Å². The summed E-state index contributed by atoms with van der Waals surface area (Å²) < 4.78 is 40.7. The summed E-state index contributed by atoms with van der Waals surface area (Å²) in [5.74, 6) is -1.40. The van der Waals surface area contributed by atoms with E-state index in [4.69, 9.17) is 11.6 Å². The minimum atomic E-state index is -4.01. The highest BCUT2D eigenvalue weighted by atomic mass is 35.5. The van der Waals surface area contributed by atoms with Crippen LogP contribution < -0.4 is 15.4 Å². The van der Waals surface area contributed by atoms with Crippen molar-refractivity contribution < 1.29 is 17.6 Å². The summed E-state index contributed by atoms with van der Waals surface area (Å²) in [5.41, 5.74) is 0.0306. The Hall–Kier alpha value is -0.930. The van der Waals surface area contributed by atoms with E-state index in [1.807, 2.05) is 0 Å². The molecule has 0 saturated carbocycles. The standard InChI is InChI=1S/C13H17ClFN3O3S.ClH/c1-8(19)18-12-6-11(15)13(5-10(12)14)22(20,21)17-7-9-3-2-4-16-9;/h5-6,9,16-17H,2-4,7H2,1H3,(H,18,19);1H. The Bertz CT molecular complexity index is 679. The maximum Gasteiger partial charge on any atom is 0.243 e. The molecule has 0 radical (unpaired) electrons. The van der Waals surface area contributed by atoms with Crippen LogP contribution in [0.5, 0.6) is 0 Å². The van der Waals surface area contributed by atoms with Gasteiger partial charge < -0.3 is 10.6 Å². The zero-order chi connectivity index (χ0) is 16.3. The molecule has 0 aromatic heterocycles. The molecule has 130 valence electrons. The molecule has 1 aliphatic rings. The van der Waals surface area contributed by atoms with Gasteiger partial charge in [0.2, 0.25) is 15.9 Å². The number of nitrogens with one attached hydrogen (secondary N) is 3. The van der Waals surface area contributed by atoms with Crippen molar-refractivity contribution in [3.63, 3.8) is 0 Å². The Balaban J connectivity index is 0.00000264. The molecule has 1 fully saturated rings. The number of sulfonamides is 1. The highest BCUT2D eigenvalue weighted by Crippen LogP contribution is 2.28. The molecule has 1 saturated heterocycles. The second-order valence-corrected chi connectivity index (χ2v) is 7.23. The highest BCUT2D eigenvalue weighted by Gasteiger charge is 2.23. The van der Waals surface area contributed by atoms with Crippen LogP contribution >= 0.6 is 24.0 Å². The average molecular weight is 386 g/mol. The lowest BCUT2D eigenvalue weighted by molar-refractivity contribution is -0.114. The number of carbonyl (C=O) groups is 1. The molecule has 1 unspecified atom stereocenters. The van der Waals surface area contributed by atoms with Gasteiger partial charge in [0.1, 0.15) is 10.7 Å². The normalized spacial score (nSPS) is 17.6. The molecule has 1 atom stereocenters. The van der Waals surface area contributed by atoms with Crippen molar-refractivity contribution in [1.82, 2.24) is 10.0 Å². The fourth-order valence-corrected chi connectivity index (χ4v) is 3.68. The molecular formula is C13H18Cl2FN3O3S. The summed E-state index contributed by atoms with van der Waals surface area (Å²) in [6.07, 6.45) is 1.85. The minimum Gasteiger partial charge on any atom is -0.325 e. The van der Waals surface area contributed by atoms with E-state index in [-0.39, 0.29) is 35.7 Å². The van der Waals surface area contributed by atoms with E-state index in [2.05, 4.69) is 15.4 Å². The van der Waals surface area contributed by atoms with Crippen molar-refractivity contribution >= 4 is 45.6 Å². The number of anilines is 1. The van der Waals surface area contributed by atoms with Crippen molar-refractivity contribution in [1.29, 1.82) is 0 Å². The Labute approximate surface area is 145 Å². The largest absolute Gasteiger partial charge is 0.325 e. The molecule has 23 heavy (non-hydrogen) atoms. The lowest BCUT2D eigenvalue weighted by Gasteiger charge is -2.14. The Morgan fingerprint density at radius 3 is 2.74 bits per heavy atom. The zero-order valence-corrected chi connectivity index (χ0v) is 14.7. The van der Waals surface area contributed by atoms with Crippen molar-refractivity contribution in [2.45, 2.75) is 30.7 Å². The van der Waals surface area contributed by atoms with Gasteiger partial charge in [-0.2, -0.15) is 0 Å². The molecule has 1 aromatic carbocycles. The lowest BCUT2D eigenvalue weighted by atomic mass is 10.2. The molecule has 1 amide bonds. The number of halogens is 3. The molecule has 1 heterocycles. The van der Waals surface area contributed by atoms with Crippen molar-refractivity contribution in [3.05, 3.63) is 23.0 Å². The average Bonchev–Trinajstić information content (AvgIpc) is 2.93. The zero-order valence-electron chi connectivity index (χ0n) is 12.4.